The second-order valence-corrected chi connectivity index (χ2v) is 4.98. The number of amides is 1. The van der Waals surface area contributed by atoms with E-state index in [1.165, 1.54) is 4.90 Å². The normalized spacial score (nSPS) is 25.9. The van der Waals surface area contributed by atoms with Crippen LogP contribution in [0, 0.1) is 0 Å². The molecule has 1 saturated heterocycles. The minimum Gasteiger partial charge on any atom is -0.480 e. The molecule has 0 radical (unpaired) electrons. The molecule has 5 heteroatoms. The van der Waals surface area contributed by atoms with Crippen LogP contribution < -0.4 is 5.73 Å². The summed E-state index contributed by atoms with van der Waals surface area (Å²) in [5, 5.41) is 9.20. The number of hydrogen-bond acceptors (Lipinski definition) is 3. The molecule has 0 saturated carbocycles. The zero-order valence-corrected chi connectivity index (χ0v) is 10.6. The average molecular weight is 242 g/mol. The van der Waals surface area contributed by atoms with Gasteiger partial charge < -0.3 is 15.7 Å². The Morgan fingerprint density at radius 3 is 2.71 bits per heavy atom. The van der Waals surface area contributed by atoms with Crippen LogP contribution in [0.5, 0.6) is 0 Å². The molecule has 1 fully saturated rings. The van der Waals surface area contributed by atoms with Crippen LogP contribution in [0.3, 0.4) is 0 Å². The van der Waals surface area contributed by atoms with Crippen molar-refractivity contribution in [3.05, 3.63) is 0 Å². The molecule has 2 atom stereocenters. The summed E-state index contributed by atoms with van der Waals surface area (Å²) >= 11 is 0. The molecule has 3 N–H and O–H groups in total. The van der Waals surface area contributed by atoms with Gasteiger partial charge in [-0.3, -0.25) is 4.79 Å². The summed E-state index contributed by atoms with van der Waals surface area (Å²) < 4.78 is 0. The van der Waals surface area contributed by atoms with Gasteiger partial charge in [0.15, 0.2) is 0 Å². The number of carboxylic acids is 1. The Morgan fingerprint density at radius 1 is 1.53 bits per heavy atom. The maximum atomic E-state index is 12.0. The van der Waals surface area contributed by atoms with Crippen LogP contribution in [0.4, 0.5) is 0 Å². The molecule has 0 aromatic carbocycles. The highest BCUT2D eigenvalue weighted by molar-refractivity contribution is 5.87. The Morgan fingerprint density at radius 2 is 2.18 bits per heavy atom. The monoisotopic (exact) mass is 242 g/mol. The second-order valence-electron chi connectivity index (χ2n) is 4.98. The van der Waals surface area contributed by atoms with E-state index in [1.807, 2.05) is 6.92 Å². The summed E-state index contributed by atoms with van der Waals surface area (Å²) in [7, 11) is 0. The molecule has 2 unspecified atom stereocenters. The SMILES string of the molecule is CCCC(N)CC(=O)N1CCCC1(C)C(=O)O. The highest BCUT2D eigenvalue weighted by Crippen LogP contribution is 2.30. The molecule has 5 nitrogen and oxygen atoms in total. The van der Waals surface area contributed by atoms with Crippen molar-refractivity contribution in [2.24, 2.45) is 5.73 Å². The lowest BCUT2D eigenvalue weighted by Gasteiger charge is -2.32. The number of likely N-dealkylation sites (tertiary alicyclic amines) is 1. The maximum absolute atomic E-state index is 12.0. The molecule has 1 amide bonds. The molecule has 0 aromatic rings. The summed E-state index contributed by atoms with van der Waals surface area (Å²) in [6, 6.07) is -0.161. The molecule has 17 heavy (non-hydrogen) atoms. The molecule has 1 heterocycles. The van der Waals surface area contributed by atoms with Crippen LogP contribution in [0.15, 0.2) is 0 Å². The molecule has 0 bridgehead atoms. The van der Waals surface area contributed by atoms with E-state index >= 15 is 0 Å². The summed E-state index contributed by atoms with van der Waals surface area (Å²) in [5.41, 5.74) is 4.78. The molecule has 1 aliphatic rings. The second kappa shape index (κ2) is 5.49. The minimum atomic E-state index is -1.04. The van der Waals surface area contributed by atoms with Gasteiger partial charge in [0.1, 0.15) is 5.54 Å². The number of hydrogen-bond donors (Lipinski definition) is 2. The predicted molar refractivity (Wildman–Crippen MR) is 64.5 cm³/mol. The third-order valence-corrected chi connectivity index (χ3v) is 3.50. The van der Waals surface area contributed by atoms with Gasteiger partial charge in [0.25, 0.3) is 0 Å². The van der Waals surface area contributed by atoms with Crippen LogP contribution >= 0.6 is 0 Å². The van der Waals surface area contributed by atoms with Crippen molar-refractivity contribution in [3.8, 4) is 0 Å². The standard InChI is InChI=1S/C12H22N2O3/c1-3-5-9(13)8-10(15)14-7-4-6-12(14,2)11(16)17/h9H,3-8,13H2,1-2H3,(H,16,17). The van der Waals surface area contributed by atoms with Crippen molar-refractivity contribution in [2.45, 2.75) is 57.5 Å². The number of carbonyl (C=O) groups excluding carboxylic acids is 1. The Labute approximate surface area is 102 Å². The highest BCUT2D eigenvalue weighted by Gasteiger charge is 2.45. The van der Waals surface area contributed by atoms with Crippen molar-refractivity contribution in [1.29, 1.82) is 0 Å². The van der Waals surface area contributed by atoms with Crippen LogP contribution in [0.1, 0.15) is 46.0 Å². The lowest BCUT2D eigenvalue weighted by atomic mass is 9.98. The van der Waals surface area contributed by atoms with Crippen LogP contribution in [0.2, 0.25) is 0 Å². The molecule has 0 aliphatic carbocycles. The number of nitrogens with zero attached hydrogens (tertiary/aromatic N) is 1. The quantitative estimate of drug-likeness (QED) is 0.752. The molecule has 0 spiro atoms. The fourth-order valence-corrected chi connectivity index (χ4v) is 2.39. The topological polar surface area (TPSA) is 83.6 Å². The molecule has 1 aliphatic heterocycles. The number of aliphatic carboxylic acids is 1. The number of carbonyl (C=O) groups is 2. The summed E-state index contributed by atoms with van der Waals surface area (Å²) in [4.78, 5) is 24.7. The van der Waals surface area contributed by atoms with Gasteiger partial charge in [-0.1, -0.05) is 13.3 Å². The van der Waals surface area contributed by atoms with Gasteiger partial charge in [-0.15, -0.1) is 0 Å². The molecule has 0 aromatic heterocycles. The number of carboxylic acid groups (broad SMARTS) is 1. The Balaban J connectivity index is 2.65. The van der Waals surface area contributed by atoms with Gasteiger partial charge in [0.2, 0.25) is 5.91 Å². The lowest BCUT2D eigenvalue weighted by Crippen LogP contribution is -2.51. The third-order valence-electron chi connectivity index (χ3n) is 3.50. The lowest BCUT2D eigenvalue weighted by molar-refractivity contribution is -0.155. The van der Waals surface area contributed by atoms with Crippen molar-refractivity contribution in [1.82, 2.24) is 4.90 Å². The molecular formula is C12H22N2O3. The maximum Gasteiger partial charge on any atom is 0.329 e. The predicted octanol–water partition coefficient (Wildman–Crippen LogP) is 0.970. The Bertz CT molecular complexity index is 306. The van der Waals surface area contributed by atoms with Gasteiger partial charge in [-0.25, -0.2) is 4.79 Å². The van der Waals surface area contributed by atoms with Crippen LogP contribution in [-0.2, 0) is 9.59 Å². The number of rotatable bonds is 5. The first-order chi connectivity index (χ1) is 7.91. The van der Waals surface area contributed by atoms with Gasteiger partial charge in [-0.05, 0) is 26.2 Å². The minimum absolute atomic E-state index is 0.131. The van der Waals surface area contributed by atoms with E-state index in [-0.39, 0.29) is 18.4 Å². The fraction of sp³-hybridized carbons (Fsp3) is 0.833. The van der Waals surface area contributed by atoms with Crippen molar-refractivity contribution in [2.75, 3.05) is 6.54 Å². The average Bonchev–Trinajstić information content (AvgIpc) is 2.62. The first-order valence-corrected chi connectivity index (χ1v) is 6.21. The van der Waals surface area contributed by atoms with Crippen LogP contribution in [-0.4, -0.2) is 40.0 Å². The third kappa shape index (κ3) is 2.97. The summed E-state index contributed by atoms with van der Waals surface area (Å²) in [5.74, 6) is -1.05. The van der Waals surface area contributed by atoms with E-state index < -0.39 is 11.5 Å². The van der Waals surface area contributed by atoms with E-state index in [4.69, 9.17) is 5.73 Å². The van der Waals surface area contributed by atoms with Gasteiger partial charge in [0.05, 0.1) is 0 Å². The van der Waals surface area contributed by atoms with E-state index in [1.54, 1.807) is 6.92 Å². The Kier molecular flexibility index (Phi) is 4.51. The van der Waals surface area contributed by atoms with Crippen molar-refractivity contribution >= 4 is 11.9 Å². The van der Waals surface area contributed by atoms with Gasteiger partial charge >= 0.3 is 5.97 Å². The zero-order valence-electron chi connectivity index (χ0n) is 10.6. The van der Waals surface area contributed by atoms with E-state index in [9.17, 15) is 14.7 Å². The number of nitrogens with two attached hydrogens (primary N) is 1. The molecule has 1 rings (SSSR count). The first kappa shape index (κ1) is 14.0. The fourth-order valence-electron chi connectivity index (χ4n) is 2.39. The van der Waals surface area contributed by atoms with E-state index in [2.05, 4.69) is 0 Å². The largest absolute Gasteiger partial charge is 0.480 e. The van der Waals surface area contributed by atoms with E-state index in [0.29, 0.717) is 13.0 Å². The van der Waals surface area contributed by atoms with E-state index in [0.717, 1.165) is 19.3 Å². The van der Waals surface area contributed by atoms with Gasteiger partial charge in [-0.2, -0.15) is 0 Å². The highest BCUT2D eigenvalue weighted by atomic mass is 16.4. The zero-order chi connectivity index (χ0) is 13.1. The van der Waals surface area contributed by atoms with Crippen molar-refractivity contribution in [3.63, 3.8) is 0 Å². The van der Waals surface area contributed by atoms with Crippen molar-refractivity contribution < 1.29 is 14.7 Å². The summed E-state index contributed by atoms with van der Waals surface area (Å²) in [6.07, 6.45) is 3.25. The molecule has 98 valence electrons. The van der Waals surface area contributed by atoms with Gasteiger partial charge in [0, 0.05) is 19.0 Å². The smallest absolute Gasteiger partial charge is 0.329 e. The summed E-state index contributed by atoms with van der Waals surface area (Å²) in [6.45, 7) is 4.16. The Hall–Kier alpha value is -1.10. The molecular weight excluding hydrogens is 220 g/mol. The first-order valence-electron chi connectivity index (χ1n) is 6.21. The van der Waals surface area contributed by atoms with Crippen LogP contribution in [0.25, 0.3) is 0 Å².